The summed E-state index contributed by atoms with van der Waals surface area (Å²) < 4.78 is 0. The molecule has 15 heavy (non-hydrogen) atoms. The number of hydrogen-bond donors (Lipinski definition) is 1. The fourth-order valence-corrected chi connectivity index (χ4v) is 2.57. The molecule has 0 aliphatic carbocycles. The van der Waals surface area contributed by atoms with Crippen molar-refractivity contribution < 1.29 is 0 Å². The summed E-state index contributed by atoms with van der Waals surface area (Å²) in [7, 11) is 2.06. The van der Waals surface area contributed by atoms with Gasteiger partial charge >= 0.3 is 0 Å². The molecule has 0 bridgehead atoms. The highest BCUT2D eigenvalue weighted by Crippen LogP contribution is 2.26. The van der Waals surface area contributed by atoms with Crippen LogP contribution in [-0.4, -0.2) is 36.6 Å². The van der Waals surface area contributed by atoms with Gasteiger partial charge in [0, 0.05) is 11.6 Å². The van der Waals surface area contributed by atoms with Crippen LogP contribution in [0.3, 0.4) is 0 Å². The fraction of sp³-hybridized carbons (Fsp3) is 0.846. The number of likely N-dealkylation sites (N-methyl/N-ethyl adjacent to an activating group) is 1. The van der Waals surface area contributed by atoms with E-state index in [9.17, 15) is 0 Å². The van der Waals surface area contributed by atoms with Crippen LogP contribution in [0.1, 0.15) is 40.0 Å². The molecule has 2 nitrogen and oxygen atoms in total. The third-order valence-electron chi connectivity index (χ3n) is 3.67. The minimum Gasteiger partial charge on any atom is -0.315 e. The highest BCUT2D eigenvalue weighted by Gasteiger charge is 2.35. The van der Waals surface area contributed by atoms with Crippen LogP contribution in [0.5, 0.6) is 0 Å². The lowest BCUT2D eigenvalue weighted by Gasteiger charge is -2.42. The van der Waals surface area contributed by atoms with Crippen LogP contribution in [0.15, 0.2) is 12.2 Å². The lowest BCUT2D eigenvalue weighted by atomic mass is 9.88. The van der Waals surface area contributed by atoms with Crippen LogP contribution in [-0.2, 0) is 0 Å². The molecule has 0 saturated carbocycles. The molecule has 0 aromatic heterocycles. The second-order valence-electron chi connectivity index (χ2n) is 5.35. The van der Waals surface area contributed by atoms with E-state index in [1.807, 2.05) is 0 Å². The second-order valence-corrected chi connectivity index (χ2v) is 5.35. The Balaban J connectivity index is 2.66. The van der Waals surface area contributed by atoms with Gasteiger partial charge in [-0.3, -0.25) is 4.90 Å². The average molecular weight is 210 g/mol. The van der Waals surface area contributed by atoms with E-state index in [1.54, 1.807) is 0 Å². The monoisotopic (exact) mass is 210 g/mol. The van der Waals surface area contributed by atoms with Crippen molar-refractivity contribution in [3.8, 4) is 0 Å². The average Bonchev–Trinajstić information content (AvgIpc) is 2.66. The first-order valence-electron chi connectivity index (χ1n) is 6.05. The van der Waals surface area contributed by atoms with Gasteiger partial charge in [-0.25, -0.2) is 0 Å². The molecule has 1 saturated heterocycles. The zero-order valence-corrected chi connectivity index (χ0v) is 10.8. The van der Waals surface area contributed by atoms with E-state index in [1.165, 1.54) is 31.5 Å². The second kappa shape index (κ2) is 5.13. The molecule has 1 fully saturated rings. The molecule has 2 heteroatoms. The topological polar surface area (TPSA) is 15.3 Å². The summed E-state index contributed by atoms with van der Waals surface area (Å²) in [5.41, 5.74) is 1.51. The van der Waals surface area contributed by atoms with Crippen LogP contribution in [0.25, 0.3) is 0 Å². The van der Waals surface area contributed by atoms with Crippen LogP contribution in [0, 0.1) is 0 Å². The third kappa shape index (κ3) is 3.05. The Labute approximate surface area is 94.7 Å². The van der Waals surface area contributed by atoms with Crippen molar-refractivity contribution in [2.24, 2.45) is 0 Å². The lowest BCUT2D eigenvalue weighted by Crippen LogP contribution is -2.56. The maximum atomic E-state index is 4.02. The van der Waals surface area contributed by atoms with Crippen molar-refractivity contribution >= 4 is 0 Å². The molecule has 88 valence electrons. The Morgan fingerprint density at radius 2 is 1.93 bits per heavy atom. The van der Waals surface area contributed by atoms with Crippen molar-refractivity contribution in [1.29, 1.82) is 0 Å². The number of nitrogens with one attached hydrogen (secondary N) is 1. The van der Waals surface area contributed by atoms with Gasteiger partial charge in [0.15, 0.2) is 0 Å². The van der Waals surface area contributed by atoms with Gasteiger partial charge in [-0.1, -0.05) is 5.57 Å². The first kappa shape index (κ1) is 12.7. The summed E-state index contributed by atoms with van der Waals surface area (Å²) in [6.07, 6.45) is 3.78. The molecular formula is C13H26N2. The van der Waals surface area contributed by atoms with Crippen molar-refractivity contribution in [3.63, 3.8) is 0 Å². The van der Waals surface area contributed by atoms with Gasteiger partial charge in [0.1, 0.15) is 0 Å². The largest absolute Gasteiger partial charge is 0.315 e. The Bertz CT molecular complexity index is 215. The molecule has 0 radical (unpaired) electrons. The maximum Gasteiger partial charge on any atom is 0.0309 e. The lowest BCUT2D eigenvalue weighted by molar-refractivity contribution is 0.110. The van der Waals surface area contributed by atoms with Crippen molar-refractivity contribution in [2.75, 3.05) is 20.1 Å². The van der Waals surface area contributed by atoms with E-state index in [2.05, 4.69) is 44.6 Å². The first-order chi connectivity index (χ1) is 6.98. The summed E-state index contributed by atoms with van der Waals surface area (Å²) in [6.45, 7) is 13.3. The summed E-state index contributed by atoms with van der Waals surface area (Å²) in [6, 6.07) is 0.507. The quantitative estimate of drug-likeness (QED) is 0.701. The highest BCUT2D eigenvalue weighted by molar-refractivity contribution is 5.02. The molecule has 1 atom stereocenters. The van der Waals surface area contributed by atoms with Gasteiger partial charge in [0.2, 0.25) is 0 Å². The Morgan fingerprint density at radius 1 is 1.40 bits per heavy atom. The van der Waals surface area contributed by atoms with Crippen LogP contribution < -0.4 is 5.32 Å². The number of likely N-dealkylation sites (tertiary alicyclic amines) is 1. The van der Waals surface area contributed by atoms with Gasteiger partial charge in [0.25, 0.3) is 0 Å². The third-order valence-corrected chi connectivity index (χ3v) is 3.67. The summed E-state index contributed by atoms with van der Waals surface area (Å²) >= 11 is 0. The van der Waals surface area contributed by atoms with E-state index in [-0.39, 0.29) is 5.54 Å². The Morgan fingerprint density at radius 3 is 2.33 bits per heavy atom. The van der Waals surface area contributed by atoms with Gasteiger partial charge in [-0.2, -0.15) is 0 Å². The Kier molecular flexibility index (Phi) is 4.35. The summed E-state index contributed by atoms with van der Waals surface area (Å²) in [5, 5.41) is 3.45. The van der Waals surface area contributed by atoms with Crippen LogP contribution in [0.4, 0.5) is 0 Å². The first-order valence-corrected chi connectivity index (χ1v) is 6.05. The zero-order valence-electron chi connectivity index (χ0n) is 10.8. The Hall–Kier alpha value is -0.340. The molecular weight excluding hydrogens is 184 g/mol. The maximum absolute atomic E-state index is 4.02. The van der Waals surface area contributed by atoms with Crippen LogP contribution >= 0.6 is 0 Å². The predicted octanol–water partition coefficient (Wildman–Crippen LogP) is 2.42. The molecule has 1 aliphatic heterocycles. The fourth-order valence-electron chi connectivity index (χ4n) is 2.57. The van der Waals surface area contributed by atoms with E-state index < -0.39 is 0 Å². The van der Waals surface area contributed by atoms with E-state index in [0.29, 0.717) is 6.04 Å². The molecule has 0 amide bonds. The molecule has 1 unspecified atom stereocenters. The molecule has 0 aromatic rings. The minimum atomic E-state index is 0.240. The van der Waals surface area contributed by atoms with E-state index in [0.717, 1.165) is 6.42 Å². The standard InChI is InChI=1S/C13H26N2/c1-11(2)10-12(14-5)13(3,4)15-8-6-7-9-15/h12,14H,1,6-10H2,2-5H3. The minimum absolute atomic E-state index is 0.240. The SMILES string of the molecule is C=C(C)CC(NC)C(C)(C)N1CCCC1. The molecule has 1 heterocycles. The van der Waals surface area contributed by atoms with Crippen LogP contribution in [0.2, 0.25) is 0 Å². The molecule has 0 aromatic carbocycles. The van der Waals surface area contributed by atoms with E-state index in [4.69, 9.17) is 0 Å². The molecule has 0 spiro atoms. The van der Waals surface area contributed by atoms with Crippen molar-refractivity contribution in [1.82, 2.24) is 10.2 Å². The molecule has 1 N–H and O–H groups in total. The number of nitrogens with zero attached hydrogens (tertiary/aromatic N) is 1. The van der Waals surface area contributed by atoms with Crippen molar-refractivity contribution in [2.45, 2.75) is 51.6 Å². The van der Waals surface area contributed by atoms with Gasteiger partial charge in [-0.15, -0.1) is 6.58 Å². The normalized spacial score (nSPS) is 20.5. The summed E-state index contributed by atoms with van der Waals surface area (Å²) in [5.74, 6) is 0. The van der Waals surface area contributed by atoms with Gasteiger partial charge in [0.05, 0.1) is 0 Å². The van der Waals surface area contributed by atoms with Crippen molar-refractivity contribution in [3.05, 3.63) is 12.2 Å². The molecule has 1 aliphatic rings. The van der Waals surface area contributed by atoms with Gasteiger partial charge < -0.3 is 5.32 Å². The number of rotatable bonds is 5. The van der Waals surface area contributed by atoms with Gasteiger partial charge in [-0.05, 0) is 60.2 Å². The zero-order chi connectivity index (χ0) is 11.5. The smallest absolute Gasteiger partial charge is 0.0309 e. The summed E-state index contributed by atoms with van der Waals surface area (Å²) in [4.78, 5) is 2.61. The van der Waals surface area contributed by atoms with E-state index >= 15 is 0 Å². The number of hydrogen-bond acceptors (Lipinski definition) is 2. The predicted molar refractivity (Wildman–Crippen MR) is 67.2 cm³/mol. The highest BCUT2D eigenvalue weighted by atomic mass is 15.2. The molecule has 1 rings (SSSR count).